The molecule has 0 aliphatic carbocycles. The monoisotopic (exact) mass is 389 g/mol. The third-order valence-corrected chi connectivity index (χ3v) is 4.89. The Kier molecular flexibility index (Phi) is 4.53. The van der Waals surface area contributed by atoms with E-state index < -0.39 is 5.60 Å². The second kappa shape index (κ2) is 7.04. The molecule has 3 aromatic rings. The molecule has 8 heteroatoms. The smallest absolute Gasteiger partial charge is 0.267 e. The highest BCUT2D eigenvalue weighted by Crippen LogP contribution is 2.30. The molecule has 0 unspecified atom stereocenters. The Morgan fingerprint density at radius 1 is 1.31 bits per heavy atom. The zero-order valence-electron chi connectivity index (χ0n) is 16.0. The number of likely N-dealkylation sites (N-methyl/N-ethyl adjacent to an activating group) is 1. The molecule has 3 N–H and O–H groups in total. The standard InChI is InChI=1S/C21H19N5O3/c1-26-10-8-21(28,20(26)27)7-5-13-3-4-16(29-2)15(11-13)19-24-12-14-6-9-23-18(22)17(14)25-19/h3-4,6,9,11-12,28H,8,10H2,1-2H3,(H2,22,23)/t21-/m0/s1. The molecule has 3 heterocycles. The van der Waals surface area contributed by atoms with Crippen molar-refractivity contribution in [2.75, 3.05) is 26.4 Å². The van der Waals surface area contributed by atoms with E-state index in [2.05, 4.69) is 26.8 Å². The number of methoxy groups -OCH3 is 1. The Bertz CT molecular complexity index is 1180. The second-order valence-corrected chi connectivity index (χ2v) is 6.83. The fourth-order valence-corrected chi connectivity index (χ4v) is 3.21. The van der Waals surface area contributed by atoms with E-state index in [1.165, 1.54) is 4.90 Å². The Morgan fingerprint density at radius 3 is 2.86 bits per heavy atom. The summed E-state index contributed by atoms with van der Waals surface area (Å²) in [7, 11) is 3.20. The summed E-state index contributed by atoms with van der Waals surface area (Å²) in [6.45, 7) is 0.470. The van der Waals surface area contributed by atoms with Crippen LogP contribution in [0.4, 0.5) is 5.82 Å². The molecule has 29 heavy (non-hydrogen) atoms. The minimum atomic E-state index is -1.66. The van der Waals surface area contributed by atoms with Crippen LogP contribution in [0, 0.1) is 11.8 Å². The van der Waals surface area contributed by atoms with E-state index in [1.807, 2.05) is 0 Å². The Balaban J connectivity index is 1.77. The van der Waals surface area contributed by atoms with Gasteiger partial charge in [0.05, 0.1) is 12.7 Å². The van der Waals surface area contributed by atoms with Gasteiger partial charge in [0, 0.05) is 43.4 Å². The van der Waals surface area contributed by atoms with Gasteiger partial charge >= 0.3 is 0 Å². The van der Waals surface area contributed by atoms with Gasteiger partial charge in [-0.25, -0.2) is 15.0 Å². The minimum Gasteiger partial charge on any atom is -0.496 e. The Labute approximate surface area is 167 Å². The number of nitrogens with zero attached hydrogens (tertiary/aromatic N) is 4. The number of likely N-dealkylation sites (tertiary alicyclic amines) is 1. The zero-order valence-corrected chi connectivity index (χ0v) is 16.0. The summed E-state index contributed by atoms with van der Waals surface area (Å²) in [6.07, 6.45) is 3.55. The first kappa shape index (κ1) is 18.7. The number of rotatable bonds is 2. The summed E-state index contributed by atoms with van der Waals surface area (Å²) in [5.41, 5.74) is 6.04. The van der Waals surface area contributed by atoms with Crippen LogP contribution in [-0.4, -0.2) is 57.2 Å². The summed E-state index contributed by atoms with van der Waals surface area (Å²) in [4.78, 5) is 26.6. The first-order valence-corrected chi connectivity index (χ1v) is 8.98. The number of fused-ring (bicyclic) bond motifs is 1. The van der Waals surface area contributed by atoms with E-state index in [1.54, 1.807) is 50.8 Å². The van der Waals surface area contributed by atoms with E-state index in [9.17, 15) is 9.90 Å². The number of nitrogen functional groups attached to an aromatic ring is 1. The fourth-order valence-electron chi connectivity index (χ4n) is 3.21. The number of carbonyl (C=O) groups excluding carboxylic acids is 1. The highest BCUT2D eigenvalue weighted by molar-refractivity contribution is 5.90. The number of anilines is 1. The number of carbonyl (C=O) groups is 1. The van der Waals surface area contributed by atoms with Crippen molar-refractivity contribution < 1.29 is 14.6 Å². The van der Waals surface area contributed by atoms with Crippen LogP contribution in [0.5, 0.6) is 5.75 Å². The van der Waals surface area contributed by atoms with Gasteiger partial charge in [-0.2, -0.15) is 0 Å². The van der Waals surface area contributed by atoms with Gasteiger partial charge in [-0.05, 0) is 24.3 Å². The van der Waals surface area contributed by atoms with Crippen molar-refractivity contribution in [3.8, 4) is 29.0 Å². The van der Waals surface area contributed by atoms with Crippen LogP contribution in [0.2, 0.25) is 0 Å². The van der Waals surface area contributed by atoms with Crippen molar-refractivity contribution in [3.05, 3.63) is 42.2 Å². The van der Waals surface area contributed by atoms with E-state index in [4.69, 9.17) is 10.5 Å². The summed E-state index contributed by atoms with van der Waals surface area (Å²) >= 11 is 0. The third-order valence-electron chi connectivity index (χ3n) is 4.89. The van der Waals surface area contributed by atoms with E-state index in [-0.39, 0.29) is 12.3 Å². The lowest BCUT2D eigenvalue weighted by atomic mass is 10.0. The quantitative estimate of drug-likeness (QED) is 0.634. The molecule has 1 amide bonds. The number of aliphatic hydroxyl groups is 1. The molecule has 1 aliphatic heterocycles. The normalized spacial score (nSPS) is 18.6. The molecule has 1 atom stereocenters. The maximum Gasteiger partial charge on any atom is 0.267 e. The van der Waals surface area contributed by atoms with Crippen molar-refractivity contribution >= 4 is 22.6 Å². The van der Waals surface area contributed by atoms with Gasteiger partial charge in [0.1, 0.15) is 17.1 Å². The van der Waals surface area contributed by atoms with E-state index in [0.29, 0.717) is 40.6 Å². The van der Waals surface area contributed by atoms with Gasteiger partial charge < -0.3 is 20.5 Å². The summed E-state index contributed by atoms with van der Waals surface area (Å²) < 4.78 is 5.44. The van der Waals surface area contributed by atoms with E-state index >= 15 is 0 Å². The fraction of sp³-hybridized carbons (Fsp3) is 0.238. The van der Waals surface area contributed by atoms with Crippen LogP contribution >= 0.6 is 0 Å². The zero-order chi connectivity index (χ0) is 20.6. The molecule has 0 saturated carbocycles. The molecule has 0 radical (unpaired) electrons. The van der Waals surface area contributed by atoms with Crippen LogP contribution in [0.3, 0.4) is 0 Å². The van der Waals surface area contributed by atoms with Crippen LogP contribution in [0.1, 0.15) is 12.0 Å². The highest BCUT2D eigenvalue weighted by Gasteiger charge is 2.42. The first-order chi connectivity index (χ1) is 13.9. The maximum atomic E-state index is 12.1. The largest absolute Gasteiger partial charge is 0.496 e. The number of nitrogens with two attached hydrogens (primary N) is 1. The van der Waals surface area contributed by atoms with Crippen molar-refractivity contribution in [2.45, 2.75) is 12.0 Å². The molecule has 1 aliphatic rings. The predicted molar refractivity (Wildman–Crippen MR) is 108 cm³/mol. The second-order valence-electron chi connectivity index (χ2n) is 6.83. The average Bonchev–Trinajstić information content (AvgIpc) is 3.00. The van der Waals surface area contributed by atoms with Gasteiger partial charge in [0.25, 0.3) is 5.91 Å². The van der Waals surface area contributed by atoms with Gasteiger partial charge in [0.2, 0.25) is 5.60 Å². The van der Waals surface area contributed by atoms with Crippen LogP contribution in [-0.2, 0) is 4.79 Å². The van der Waals surface area contributed by atoms with Crippen molar-refractivity contribution in [2.24, 2.45) is 0 Å². The number of aromatic nitrogens is 3. The first-order valence-electron chi connectivity index (χ1n) is 8.98. The molecule has 1 saturated heterocycles. The molecule has 0 bridgehead atoms. The minimum absolute atomic E-state index is 0.276. The molecular weight excluding hydrogens is 370 g/mol. The molecule has 2 aromatic heterocycles. The van der Waals surface area contributed by atoms with Gasteiger partial charge in [-0.1, -0.05) is 11.8 Å². The molecular formula is C21H19N5O3. The number of hydrogen-bond donors (Lipinski definition) is 2. The number of hydrogen-bond acceptors (Lipinski definition) is 7. The highest BCUT2D eigenvalue weighted by atomic mass is 16.5. The summed E-state index contributed by atoms with van der Waals surface area (Å²) in [6, 6.07) is 7.03. The number of ether oxygens (including phenoxy) is 1. The third kappa shape index (κ3) is 3.32. The van der Waals surface area contributed by atoms with Crippen molar-refractivity contribution in [1.29, 1.82) is 0 Å². The number of pyridine rings is 1. The Morgan fingerprint density at radius 2 is 2.14 bits per heavy atom. The van der Waals surface area contributed by atoms with Gasteiger partial charge in [0.15, 0.2) is 5.82 Å². The summed E-state index contributed by atoms with van der Waals surface area (Å²) in [5.74, 6) is 6.50. The maximum absolute atomic E-state index is 12.1. The number of amides is 1. The van der Waals surface area contributed by atoms with Crippen molar-refractivity contribution in [3.63, 3.8) is 0 Å². The van der Waals surface area contributed by atoms with Crippen LogP contribution in [0.25, 0.3) is 22.3 Å². The van der Waals surface area contributed by atoms with Crippen LogP contribution < -0.4 is 10.5 Å². The number of benzene rings is 1. The topological polar surface area (TPSA) is 114 Å². The summed E-state index contributed by atoms with van der Waals surface area (Å²) in [5, 5.41) is 11.3. The molecule has 1 fully saturated rings. The van der Waals surface area contributed by atoms with Crippen molar-refractivity contribution in [1.82, 2.24) is 19.9 Å². The molecule has 0 spiro atoms. The SMILES string of the molecule is COc1ccc(C#C[C@]2(O)CCN(C)C2=O)cc1-c1ncc2ccnc(N)c2n1. The Hall–Kier alpha value is -3.70. The average molecular weight is 389 g/mol. The molecule has 4 rings (SSSR count). The molecule has 1 aromatic carbocycles. The lowest BCUT2D eigenvalue weighted by Crippen LogP contribution is -2.37. The van der Waals surface area contributed by atoms with Crippen LogP contribution in [0.15, 0.2) is 36.7 Å². The van der Waals surface area contributed by atoms with E-state index in [0.717, 1.165) is 5.39 Å². The van der Waals surface area contributed by atoms with Gasteiger partial charge in [-0.3, -0.25) is 4.79 Å². The molecule has 146 valence electrons. The lowest BCUT2D eigenvalue weighted by Gasteiger charge is -2.13. The van der Waals surface area contributed by atoms with Gasteiger partial charge in [-0.15, -0.1) is 0 Å². The molecule has 8 nitrogen and oxygen atoms in total. The lowest BCUT2D eigenvalue weighted by molar-refractivity contribution is -0.137. The predicted octanol–water partition coefficient (Wildman–Crippen LogP) is 1.23.